The van der Waals surface area contributed by atoms with Crippen molar-refractivity contribution in [1.82, 2.24) is 0 Å². The average Bonchev–Trinajstić information content (AvgIpc) is 2.18. The zero-order valence-corrected chi connectivity index (χ0v) is 11.2. The highest BCUT2D eigenvalue weighted by atomic mass is 16.3. The van der Waals surface area contributed by atoms with Crippen molar-refractivity contribution in [3.05, 3.63) is 23.3 Å². The van der Waals surface area contributed by atoms with E-state index in [1.165, 1.54) is 6.92 Å². The van der Waals surface area contributed by atoms with E-state index in [9.17, 15) is 9.90 Å². The topological polar surface area (TPSA) is 49.3 Å². The maximum absolute atomic E-state index is 11.1. The van der Waals surface area contributed by atoms with Crippen molar-refractivity contribution >= 4 is 11.6 Å². The van der Waals surface area contributed by atoms with Gasteiger partial charge in [0.1, 0.15) is 5.75 Å². The monoisotopic (exact) mass is 235 g/mol. The van der Waals surface area contributed by atoms with Gasteiger partial charge in [-0.2, -0.15) is 0 Å². The number of amides is 1. The molecule has 0 aliphatic carbocycles. The molecule has 1 aromatic carbocycles. The number of carbonyl (C=O) groups is 1. The normalized spacial score (nSPS) is 11.4. The van der Waals surface area contributed by atoms with Gasteiger partial charge in [-0.05, 0) is 35.1 Å². The van der Waals surface area contributed by atoms with Crippen molar-refractivity contribution in [2.24, 2.45) is 0 Å². The molecular weight excluding hydrogens is 214 g/mol. The van der Waals surface area contributed by atoms with Gasteiger partial charge in [-0.15, -0.1) is 0 Å². The van der Waals surface area contributed by atoms with Crippen LogP contribution in [0.5, 0.6) is 5.75 Å². The van der Waals surface area contributed by atoms with Crippen LogP contribution in [0.3, 0.4) is 0 Å². The van der Waals surface area contributed by atoms with Crippen LogP contribution in [0.2, 0.25) is 0 Å². The fraction of sp³-hybridized carbons (Fsp3) is 0.500. The van der Waals surface area contributed by atoms with Gasteiger partial charge in [-0.1, -0.05) is 27.7 Å². The smallest absolute Gasteiger partial charge is 0.221 e. The first kappa shape index (κ1) is 13.6. The van der Waals surface area contributed by atoms with Crippen molar-refractivity contribution in [3.63, 3.8) is 0 Å². The molecule has 0 saturated heterocycles. The summed E-state index contributed by atoms with van der Waals surface area (Å²) in [6.07, 6.45) is 0.862. The lowest BCUT2D eigenvalue weighted by molar-refractivity contribution is -0.114. The highest BCUT2D eigenvalue weighted by Gasteiger charge is 2.19. The Kier molecular flexibility index (Phi) is 3.81. The maximum Gasteiger partial charge on any atom is 0.221 e. The summed E-state index contributed by atoms with van der Waals surface area (Å²) in [4.78, 5) is 11.1. The van der Waals surface area contributed by atoms with Gasteiger partial charge >= 0.3 is 0 Å². The van der Waals surface area contributed by atoms with Crippen LogP contribution in [0.1, 0.15) is 45.7 Å². The number of aromatic hydroxyl groups is 1. The van der Waals surface area contributed by atoms with Crippen LogP contribution in [0, 0.1) is 0 Å². The molecule has 94 valence electrons. The molecular formula is C14H21NO2. The number of hydrogen-bond donors (Lipinski definition) is 2. The molecule has 2 N–H and O–H groups in total. The number of anilines is 1. The Morgan fingerprint density at radius 3 is 2.35 bits per heavy atom. The fourth-order valence-corrected chi connectivity index (χ4v) is 1.91. The minimum absolute atomic E-state index is 0.00768. The van der Waals surface area contributed by atoms with E-state index in [-0.39, 0.29) is 17.1 Å². The summed E-state index contributed by atoms with van der Waals surface area (Å²) in [5.41, 5.74) is 2.75. The van der Waals surface area contributed by atoms with Gasteiger partial charge in [0.25, 0.3) is 0 Å². The van der Waals surface area contributed by atoms with Gasteiger partial charge in [0.2, 0.25) is 5.91 Å². The van der Waals surface area contributed by atoms with Crippen LogP contribution in [0.4, 0.5) is 5.69 Å². The molecule has 1 amide bonds. The third-order valence-electron chi connectivity index (χ3n) is 2.72. The standard InChI is InChI=1S/C14H21NO2/c1-6-10-7-13(17)12(15-9(2)16)8-11(10)14(3,4)5/h7-8,17H,6H2,1-5H3,(H,15,16). The minimum Gasteiger partial charge on any atom is -0.506 e. The summed E-state index contributed by atoms with van der Waals surface area (Å²) in [5.74, 6) is -0.0468. The Morgan fingerprint density at radius 1 is 1.35 bits per heavy atom. The van der Waals surface area contributed by atoms with E-state index in [4.69, 9.17) is 0 Å². The predicted octanol–water partition coefficient (Wildman–Crippen LogP) is 3.21. The average molecular weight is 235 g/mol. The van der Waals surface area contributed by atoms with Crippen molar-refractivity contribution in [3.8, 4) is 5.75 Å². The molecule has 3 nitrogen and oxygen atoms in total. The van der Waals surface area contributed by atoms with Crippen LogP contribution in [-0.2, 0) is 16.6 Å². The highest BCUT2D eigenvalue weighted by Crippen LogP contribution is 2.34. The van der Waals surface area contributed by atoms with E-state index in [2.05, 4.69) is 33.0 Å². The first-order valence-corrected chi connectivity index (χ1v) is 5.89. The van der Waals surface area contributed by atoms with Crippen molar-refractivity contribution in [1.29, 1.82) is 0 Å². The van der Waals surface area contributed by atoms with E-state index in [1.807, 2.05) is 6.07 Å². The largest absolute Gasteiger partial charge is 0.506 e. The summed E-state index contributed by atoms with van der Waals surface area (Å²) in [5, 5.41) is 12.5. The molecule has 0 radical (unpaired) electrons. The zero-order valence-electron chi connectivity index (χ0n) is 11.2. The Morgan fingerprint density at radius 2 is 1.94 bits per heavy atom. The lowest BCUT2D eigenvalue weighted by Crippen LogP contribution is -2.15. The first-order chi connectivity index (χ1) is 7.75. The molecule has 0 bridgehead atoms. The minimum atomic E-state index is -0.176. The summed E-state index contributed by atoms with van der Waals surface area (Å²) in [6, 6.07) is 3.61. The second-order valence-corrected chi connectivity index (χ2v) is 5.31. The first-order valence-electron chi connectivity index (χ1n) is 5.89. The lowest BCUT2D eigenvalue weighted by atomic mass is 9.82. The highest BCUT2D eigenvalue weighted by molar-refractivity contribution is 5.90. The van der Waals surface area contributed by atoms with E-state index < -0.39 is 0 Å². The van der Waals surface area contributed by atoms with Gasteiger partial charge in [-0.3, -0.25) is 4.79 Å². The molecule has 0 atom stereocenters. The van der Waals surface area contributed by atoms with Gasteiger partial charge in [0.05, 0.1) is 5.69 Å². The summed E-state index contributed by atoms with van der Waals surface area (Å²) >= 11 is 0. The zero-order chi connectivity index (χ0) is 13.2. The number of hydrogen-bond acceptors (Lipinski definition) is 2. The van der Waals surface area contributed by atoms with Gasteiger partial charge in [0.15, 0.2) is 0 Å². The molecule has 0 saturated carbocycles. The molecule has 0 fully saturated rings. The second-order valence-electron chi connectivity index (χ2n) is 5.31. The third-order valence-corrected chi connectivity index (χ3v) is 2.72. The van der Waals surface area contributed by atoms with E-state index in [0.29, 0.717) is 5.69 Å². The molecule has 0 spiro atoms. The number of phenols is 1. The quantitative estimate of drug-likeness (QED) is 0.773. The molecule has 0 heterocycles. The van der Waals surface area contributed by atoms with Crippen LogP contribution in [0.15, 0.2) is 12.1 Å². The van der Waals surface area contributed by atoms with Crippen molar-refractivity contribution in [2.45, 2.75) is 46.5 Å². The maximum atomic E-state index is 11.1. The predicted molar refractivity (Wildman–Crippen MR) is 70.5 cm³/mol. The second kappa shape index (κ2) is 4.78. The number of benzene rings is 1. The van der Waals surface area contributed by atoms with Crippen LogP contribution >= 0.6 is 0 Å². The van der Waals surface area contributed by atoms with Crippen LogP contribution in [0.25, 0.3) is 0 Å². The van der Waals surface area contributed by atoms with E-state index in [1.54, 1.807) is 6.07 Å². The Hall–Kier alpha value is -1.51. The molecule has 0 aliphatic rings. The molecule has 1 rings (SSSR count). The van der Waals surface area contributed by atoms with Crippen molar-refractivity contribution < 1.29 is 9.90 Å². The van der Waals surface area contributed by atoms with E-state index in [0.717, 1.165) is 17.5 Å². The summed E-state index contributed by atoms with van der Waals surface area (Å²) in [6.45, 7) is 9.86. The van der Waals surface area contributed by atoms with Crippen LogP contribution < -0.4 is 5.32 Å². The molecule has 3 heteroatoms. The number of aryl methyl sites for hydroxylation is 1. The number of nitrogens with one attached hydrogen (secondary N) is 1. The molecule has 0 aliphatic heterocycles. The third kappa shape index (κ3) is 3.22. The molecule has 17 heavy (non-hydrogen) atoms. The van der Waals surface area contributed by atoms with Gasteiger partial charge < -0.3 is 10.4 Å². The Labute approximate surface area is 103 Å². The molecule has 1 aromatic rings. The van der Waals surface area contributed by atoms with Gasteiger partial charge in [-0.25, -0.2) is 0 Å². The SMILES string of the molecule is CCc1cc(O)c(NC(C)=O)cc1C(C)(C)C. The van der Waals surface area contributed by atoms with Crippen LogP contribution in [-0.4, -0.2) is 11.0 Å². The Balaban J connectivity index is 3.32. The molecule has 0 unspecified atom stereocenters. The lowest BCUT2D eigenvalue weighted by Gasteiger charge is -2.24. The number of rotatable bonds is 2. The number of phenolic OH excluding ortho intramolecular Hbond substituents is 1. The number of carbonyl (C=O) groups excluding carboxylic acids is 1. The van der Waals surface area contributed by atoms with Gasteiger partial charge in [0, 0.05) is 6.92 Å². The fourth-order valence-electron chi connectivity index (χ4n) is 1.91. The summed E-state index contributed by atoms with van der Waals surface area (Å²) < 4.78 is 0. The van der Waals surface area contributed by atoms with Crippen molar-refractivity contribution in [2.75, 3.05) is 5.32 Å². The molecule has 0 aromatic heterocycles. The van der Waals surface area contributed by atoms with E-state index >= 15 is 0 Å². The summed E-state index contributed by atoms with van der Waals surface area (Å²) in [7, 11) is 0. The Bertz CT molecular complexity index is 431.